The van der Waals surface area contributed by atoms with E-state index in [0.717, 1.165) is 4.80 Å². The van der Waals surface area contributed by atoms with Crippen LogP contribution in [0.5, 0.6) is 0 Å². The summed E-state index contributed by atoms with van der Waals surface area (Å²) in [5, 5.41) is 4.31. The number of hydrogen-bond acceptors (Lipinski definition) is 4. The Labute approximate surface area is 152 Å². The molecular weight excluding hydrogens is 351 g/mol. The average molecular weight is 370 g/mol. The lowest BCUT2D eigenvalue weighted by atomic mass is 10.4. The van der Waals surface area contributed by atoms with Crippen LogP contribution in [0.1, 0.15) is 6.92 Å². The summed E-state index contributed by atoms with van der Waals surface area (Å²) in [6, 6.07) is 20.6. The van der Waals surface area contributed by atoms with E-state index in [2.05, 4.69) is 24.3 Å². The molecule has 3 aromatic rings. The monoisotopic (exact) mass is 370 g/mol. The van der Waals surface area contributed by atoms with Crippen molar-refractivity contribution in [1.29, 1.82) is 0 Å². The highest BCUT2D eigenvalue weighted by Crippen LogP contribution is 2.34. The topological polar surface area (TPSA) is 43.6 Å². The molecule has 0 spiro atoms. The highest BCUT2D eigenvalue weighted by atomic mass is 32.1. The van der Waals surface area contributed by atoms with Crippen LogP contribution in [0.3, 0.4) is 0 Å². The standard InChI is InChI=1S/C19H19N2O2PS/c1-2-23-18(22)15-21-13-14-25-19(21)20-24(16-9-5-3-6-10-16)17-11-7-4-8-12-17/h3-14H,2,15H2,1H3/b20-19-. The van der Waals surface area contributed by atoms with Gasteiger partial charge in [-0.3, -0.25) is 4.79 Å². The second-order valence-electron chi connectivity index (χ2n) is 5.20. The third-order valence-corrected chi connectivity index (χ3v) is 6.35. The van der Waals surface area contributed by atoms with Crippen LogP contribution in [-0.2, 0) is 16.1 Å². The molecule has 128 valence electrons. The first-order valence-electron chi connectivity index (χ1n) is 8.02. The predicted octanol–water partition coefficient (Wildman–Crippen LogP) is 3.06. The molecule has 0 atom stereocenters. The summed E-state index contributed by atoms with van der Waals surface area (Å²) in [5.74, 6) is -0.244. The molecule has 25 heavy (non-hydrogen) atoms. The predicted molar refractivity (Wildman–Crippen MR) is 104 cm³/mol. The van der Waals surface area contributed by atoms with Crippen LogP contribution in [-0.4, -0.2) is 17.1 Å². The summed E-state index contributed by atoms with van der Waals surface area (Å²) in [4.78, 5) is 12.6. The van der Waals surface area contributed by atoms with Crippen LogP contribution in [0.4, 0.5) is 0 Å². The lowest BCUT2D eigenvalue weighted by Crippen LogP contribution is -2.22. The van der Waals surface area contributed by atoms with Gasteiger partial charge in [-0.1, -0.05) is 60.7 Å². The van der Waals surface area contributed by atoms with Crippen molar-refractivity contribution in [2.45, 2.75) is 13.5 Å². The van der Waals surface area contributed by atoms with Gasteiger partial charge in [-0.2, -0.15) is 0 Å². The lowest BCUT2D eigenvalue weighted by molar-refractivity contribution is -0.143. The molecule has 2 aromatic carbocycles. The highest BCUT2D eigenvalue weighted by molar-refractivity contribution is 7.71. The van der Waals surface area contributed by atoms with E-state index in [1.54, 1.807) is 0 Å². The fourth-order valence-electron chi connectivity index (χ4n) is 2.33. The molecule has 0 aliphatic carbocycles. The first-order valence-corrected chi connectivity index (χ1v) is 10.2. The molecule has 6 heteroatoms. The Morgan fingerprint density at radius 2 is 1.68 bits per heavy atom. The minimum atomic E-state index is -0.888. The van der Waals surface area contributed by atoms with E-state index in [1.165, 1.54) is 21.9 Å². The third-order valence-electron chi connectivity index (χ3n) is 3.45. The summed E-state index contributed by atoms with van der Waals surface area (Å²) >= 11 is 1.53. The zero-order valence-corrected chi connectivity index (χ0v) is 15.6. The molecule has 0 N–H and O–H groups in total. The Bertz CT molecular complexity index is 835. The van der Waals surface area contributed by atoms with E-state index >= 15 is 0 Å². The molecule has 1 aromatic heterocycles. The van der Waals surface area contributed by atoms with Gasteiger partial charge in [0.25, 0.3) is 0 Å². The van der Waals surface area contributed by atoms with E-state index in [4.69, 9.17) is 9.50 Å². The maximum absolute atomic E-state index is 11.8. The number of ether oxygens (including phenoxy) is 1. The first kappa shape index (κ1) is 17.6. The summed E-state index contributed by atoms with van der Waals surface area (Å²) < 4.78 is 11.9. The molecule has 0 amide bonds. The third kappa shape index (κ3) is 4.65. The molecule has 0 bridgehead atoms. The van der Waals surface area contributed by atoms with E-state index in [1.807, 2.05) is 59.5 Å². The SMILES string of the molecule is CCOC(=O)Cn1ccs/c1=N\P(c1ccccc1)c1ccccc1. The van der Waals surface area contributed by atoms with Gasteiger partial charge in [0.05, 0.1) is 14.7 Å². The number of nitrogens with zero attached hydrogens (tertiary/aromatic N) is 2. The fraction of sp³-hybridized carbons (Fsp3) is 0.158. The van der Waals surface area contributed by atoms with Crippen molar-refractivity contribution >= 4 is 36.0 Å². The normalized spacial score (nSPS) is 11.7. The van der Waals surface area contributed by atoms with Crippen LogP contribution in [0.25, 0.3) is 0 Å². The number of carbonyl (C=O) groups excluding carboxylic acids is 1. The van der Waals surface area contributed by atoms with E-state index in [9.17, 15) is 4.79 Å². The van der Waals surface area contributed by atoms with Crippen LogP contribution in [0, 0.1) is 0 Å². The van der Waals surface area contributed by atoms with Gasteiger partial charge >= 0.3 is 5.97 Å². The van der Waals surface area contributed by atoms with Gasteiger partial charge in [-0.25, -0.2) is 4.76 Å². The molecule has 0 saturated carbocycles. The number of carbonyl (C=O) groups is 1. The van der Waals surface area contributed by atoms with E-state index in [-0.39, 0.29) is 12.5 Å². The minimum absolute atomic E-state index is 0.183. The molecule has 4 nitrogen and oxygen atoms in total. The number of aromatic nitrogens is 1. The highest BCUT2D eigenvalue weighted by Gasteiger charge is 2.13. The second-order valence-corrected chi connectivity index (χ2v) is 7.93. The minimum Gasteiger partial charge on any atom is -0.465 e. The molecule has 3 rings (SSSR count). The first-order chi connectivity index (χ1) is 12.3. The number of benzene rings is 2. The average Bonchev–Trinajstić information content (AvgIpc) is 3.08. The second kappa shape index (κ2) is 8.75. The largest absolute Gasteiger partial charge is 0.465 e. The molecule has 0 aliphatic heterocycles. The maximum Gasteiger partial charge on any atom is 0.326 e. The quantitative estimate of drug-likeness (QED) is 0.494. The summed E-state index contributed by atoms with van der Waals surface area (Å²) in [5.41, 5.74) is 0. The van der Waals surface area contributed by atoms with Crippen molar-refractivity contribution in [3.05, 3.63) is 77.0 Å². The Balaban J connectivity index is 2.00. The van der Waals surface area contributed by atoms with Gasteiger partial charge in [0, 0.05) is 22.2 Å². The fourth-order valence-corrected chi connectivity index (χ4v) is 5.08. The zero-order valence-electron chi connectivity index (χ0n) is 13.9. The molecule has 0 fully saturated rings. The van der Waals surface area contributed by atoms with Gasteiger partial charge in [0.15, 0.2) is 4.80 Å². The van der Waals surface area contributed by atoms with Gasteiger partial charge in [-0.15, -0.1) is 11.3 Å². The molecule has 0 unspecified atom stereocenters. The summed E-state index contributed by atoms with van der Waals surface area (Å²) in [7, 11) is -0.888. The summed E-state index contributed by atoms with van der Waals surface area (Å²) in [6.07, 6.45) is 1.88. The van der Waals surface area contributed by atoms with Crippen molar-refractivity contribution in [1.82, 2.24) is 4.57 Å². The summed E-state index contributed by atoms with van der Waals surface area (Å²) in [6.45, 7) is 2.38. The lowest BCUT2D eigenvalue weighted by Gasteiger charge is -2.13. The van der Waals surface area contributed by atoms with Crippen molar-refractivity contribution in [2.24, 2.45) is 4.76 Å². The van der Waals surface area contributed by atoms with E-state index in [0.29, 0.717) is 6.61 Å². The zero-order chi connectivity index (χ0) is 17.5. The van der Waals surface area contributed by atoms with Crippen molar-refractivity contribution in [3.63, 3.8) is 0 Å². The van der Waals surface area contributed by atoms with Crippen molar-refractivity contribution in [2.75, 3.05) is 6.61 Å². The molecule has 0 radical (unpaired) electrons. The molecule has 0 saturated heterocycles. The molecule has 0 aliphatic rings. The number of hydrogen-bond donors (Lipinski definition) is 0. The number of rotatable bonds is 6. The Kier molecular flexibility index (Phi) is 6.15. The maximum atomic E-state index is 11.8. The van der Waals surface area contributed by atoms with Crippen LogP contribution < -0.4 is 15.4 Å². The van der Waals surface area contributed by atoms with Gasteiger partial charge < -0.3 is 9.30 Å². The Hall–Kier alpha value is -2.23. The van der Waals surface area contributed by atoms with Crippen molar-refractivity contribution < 1.29 is 9.53 Å². The number of esters is 1. The Morgan fingerprint density at radius 1 is 1.08 bits per heavy atom. The Morgan fingerprint density at radius 3 is 2.24 bits per heavy atom. The van der Waals surface area contributed by atoms with Crippen LogP contribution in [0.2, 0.25) is 0 Å². The van der Waals surface area contributed by atoms with Gasteiger partial charge in [0.1, 0.15) is 6.54 Å². The van der Waals surface area contributed by atoms with Crippen LogP contribution >= 0.6 is 19.4 Å². The van der Waals surface area contributed by atoms with Gasteiger partial charge in [-0.05, 0) is 6.92 Å². The number of thiazole rings is 1. The molecule has 1 heterocycles. The van der Waals surface area contributed by atoms with E-state index < -0.39 is 8.07 Å². The van der Waals surface area contributed by atoms with Crippen LogP contribution in [0.15, 0.2) is 77.0 Å². The van der Waals surface area contributed by atoms with Crippen molar-refractivity contribution in [3.8, 4) is 0 Å². The van der Waals surface area contributed by atoms with Gasteiger partial charge in [0.2, 0.25) is 0 Å². The molecular formula is C19H19N2O2PS. The smallest absolute Gasteiger partial charge is 0.326 e.